The van der Waals surface area contributed by atoms with Gasteiger partial charge in [0.05, 0.1) is 6.42 Å². The predicted octanol–water partition coefficient (Wildman–Crippen LogP) is 3.07. The van der Waals surface area contributed by atoms with Gasteiger partial charge in [0.2, 0.25) is 11.8 Å². The number of hydrogen-bond acceptors (Lipinski definition) is 2. The summed E-state index contributed by atoms with van der Waals surface area (Å²) in [7, 11) is 0. The molecule has 3 N–H and O–H groups in total. The van der Waals surface area contributed by atoms with Crippen molar-refractivity contribution in [2.75, 3.05) is 0 Å². The van der Waals surface area contributed by atoms with Crippen LogP contribution in [0.5, 0.6) is 0 Å². The maximum Gasteiger partial charge on any atom is 0.240 e. The number of carbonyl (C=O) groups is 2. The van der Waals surface area contributed by atoms with Crippen molar-refractivity contribution in [2.24, 2.45) is 5.73 Å². The molecule has 0 bridgehead atoms. The minimum absolute atomic E-state index is 0.0665. The molecule has 5 nitrogen and oxygen atoms in total. The number of aromatic nitrogens is 1. The molecule has 1 aliphatic rings. The van der Waals surface area contributed by atoms with Gasteiger partial charge in [-0.2, -0.15) is 0 Å². The minimum Gasteiger partial charge on any atom is -0.368 e. The zero-order chi connectivity index (χ0) is 20.0. The van der Waals surface area contributed by atoms with Gasteiger partial charge in [0.1, 0.15) is 6.04 Å². The van der Waals surface area contributed by atoms with Crippen LogP contribution in [0.4, 0.5) is 0 Å². The van der Waals surface area contributed by atoms with E-state index >= 15 is 0 Å². The van der Waals surface area contributed by atoms with Gasteiger partial charge >= 0.3 is 0 Å². The average Bonchev–Trinajstić information content (AvgIpc) is 3.01. The molecule has 0 saturated heterocycles. The summed E-state index contributed by atoms with van der Waals surface area (Å²) < 4.78 is 0. The number of benzene rings is 2. The molecule has 1 aliphatic heterocycles. The highest BCUT2D eigenvalue weighted by molar-refractivity contribution is 5.95. The highest BCUT2D eigenvalue weighted by Gasteiger charge is 2.33. The summed E-state index contributed by atoms with van der Waals surface area (Å²) in [6.07, 6.45) is 0.727. The van der Waals surface area contributed by atoms with E-state index in [0.717, 1.165) is 44.4 Å². The third-order valence-corrected chi connectivity index (χ3v) is 5.91. The monoisotopic (exact) mass is 375 g/mol. The fourth-order valence-electron chi connectivity index (χ4n) is 4.32. The predicted molar refractivity (Wildman–Crippen MR) is 110 cm³/mol. The number of carbonyl (C=O) groups excluding carboxylic acids is 2. The first-order valence-electron chi connectivity index (χ1n) is 9.59. The first kappa shape index (κ1) is 18.3. The highest BCUT2D eigenvalue weighted by atomic mass is 16.2. The van der Waals surface area contributed by atoms with Crippen LogP contribution in [0.2, 0.25) is 0 Å². The Morgan fingerprint density at radius 2 is 1.75 bits per heavy atom. The lowest BCUT2D eigenvalue weighted by atomic mass is 9.92. The second kappa shape index (κ2) is 6.82. The average molecular weight is 375 g/mol. The Hall–Kier alpha value is -3.08. The topological polar surface area (TPSA) is 79.2 Å². The molecule has 1 aromatic heterocycles. The lowest BCUT2D eigenvalue weighted by Crippen LogP contribution is -2.51. The number of aromatic amines is 1. The summed E-state index contributed by atoms with van der Waals surface area (Å²) in [5.74, 6) is -0.520. The van der Waals surface area contributed by atoms with Crippen LogP contribution >= 0.6 is 0 Å². The molecule has 0 fully saturated rings. The van der Waals surface area contributed by atoms with Crippen LogP contribution in [0.15, 0.2) is 36.4 Å². The first-order chi connectivity index (χ1) is 13.4. The summed E-state index contributed by atoms with van der Waals surface area (Å²) in [6, 6.07) is 11.5. The smallest absolute Gasteiger partial charge is 0.240 e. The largest absolute Gasteiger partial charge is 0.368 e. The molecule has 28 heavy (non-hydrogen) atoms. The molecule has 4 rings (SSSR count). The highest BCUT2D eigenvalue weighted by Crippen LogP contribution is 2.30. The Morgan fingerprint density at radius 3 is 2.46 bits per heavy atom. The molecular formula is C23H25N3O2. The van der Waals surface area contributed by atoms with E-state index in [1.54, 1.807) is 4.90 Å². The van der Waals surface area contributed by atoms with Crippen LogP contribution in [0, 0.1) is 20.8 Å². The van der Waals surface area contributed by atoms with Gasteiger partial charge in [-0.1, -0.05) is 36.4 Å². The van der Waals surface area contributed by atoms with Crippen LogP contribution in [-0.2, 0) is 29.0 Å². The van der Waals surface area contributed by atoms with E-state index in [2.05, 4.69) is 31.0 Å². The molecular weight excluding hydrogens is 350 g/mol. The van der Waals surface area contributed by atoms with Crippen LogP contribution in [0.1, 0.15) is 33.5 Å². The quantitative estimate of drug-likeness (QED) is 0.738. The van der Waals surface area contributed by atoms with Crippen molar-refractivity contribution in [3.8, 4) is 0 Å². The molecule has 1 atom stereocenters. The van der Waals surface area contributed by atoms with Crippen LogP contribution < -0.4 is 5.73 Å². The van der Waals surface area contributed by atoms with Crippen molar-refractivity contribution in [3.63, 3.8) is 0 Å². The van der Waals surface area contributed by atoms with Gasteiger partial charge in [-0.25, -0.2) is 0 Å². The molecule has 5 heteroatoms. The molecule has 2 amide bonds. The van der Waals surface area contributed by atoms with Crippen molar-refractivity contribution in [3.05, 3.63) is 69.9 Å². The zero-order valence-corrected chi connectivity index (χ0v) is 16.5. The summed E-state index contributed by atoms with van der Waals surface area (Å²) in [5, 5.41) is 1.11. The third kappa shape index (κ3) is 2.97. The number of primary amides is 1. The van der Waals surface area contributed by atoms with E-state index in [9.17, 15) is 9.59 Å². The fourth-order valence-corrected chi connectivity index (χ4v) is 4.32. The van der Waals surface area contributed by atoms with Gasteiger partial charge in [0.15, 0.2) is 0 Å². The van der Waals surface area contributed by atoms with E-state index in [-0.39, 0.29) is 12.3 Å². The number of hydrogen-bond donors (Lipinski definition) is 2. The van der Waals surface area contributed by atoms with E-state index in [1.165, 1.54) is 0 Å². The Kier molecular flexibility index (Phi) is 4.46. The van der Waals surface area contributed by atoms with Gasteiger partial charge < -0.3 is 15.6 Å². The Balaban J connectivity index is 1.70. The Labute approximate surface area is 164 Å². The molecule has 3 aromatic rings. The van der Waals surface area contributed by atoms with Crippen LogP contribution in [0.3, 0.4) is 0 Å². The van der Waals surface area contributed by atoms with Gasteiger partial charge in [0, 0.05) is 29.6 Å². The van der Waals surface area contributed by atoms with Gasteiger partial charge in [-0.05, 0) is 48.6 Å². The SMILES string of the molecule is Cc1[nH]c2c(C)ccc(C)c2c1CC(=O)N1Cc2ccccc2C[C@H]1C(N)=O. The van der Waals surface area contributed by atoms with E-state index in [4.69, 9.17) is 5.73 Å². The molecule has 144 valence electrons. The molecule has 0 saturated carbocycles. The Bertz CT molecular complexity index is 1100. The molecule has 2 aromatic carbocycles. The van der Waals surface area contributed by atoms with E-state index in [1.807, 2.05) is 31.2 Å². The molecule has 0 aliphatic carbocycles. The summed E-state index contributed by atoms with van der Waals surface area (Å²) in [5.41, 5.74) is 13.2. The van der Waals surface area contributed by atoms with Crippen LogP contribution in [-0.4, -0.2) is 27.7 Å². The number of fused-ring (bicyclic) bond motifs is 2. The van der Waals surface area contributed by atoms with Gasteiger partial charge in [0.25, 0.3) is 0 Å². The van der Waals surface area contributed by atoms with Crippen molar-refractivity contribution in [2.45, 2.75) is 46.2 Å². The number of nitrogens with one attached hydrogen (secondary N) is 1. The lowest BCUT2D eigenvalue weighted by molar-refractivity contribution is -0.140. The first-order valence-corrected chi connectivity index (χ1v) is 9.59. The van der Waals surface area contributed by atoms with Crippen molar-refractivity contribution in [1.29, 1.82) is 0 Å². The molecule has 0 radical (unpaired) electrons. The summed E-state index contributed by atoms with van der Waals surface area (Å²) in [6.45, 7) is 6.54. The van der Waals surface area contributed by atoms with Crippen molar-refractivity contribution < 1.29 is 9.59 Å². The summed E-state index contributed by atoms with van der Waals surface area (Å²) in [4.78, 5) is 30.4. The molecule has 0 spiro atoms. The van der Waals surface area contributed by atoms with E-state index in [0.29, 0.717) is 13.0 Å². The zero-order valence-electron chi connectivity index (χ0n) is 16.5. The summed E-state index contributed by atoms with van der Waals surface area (Å²) >= 11 is 0. The molecule has 2 heterocycles. The van der Waals surface area contributed by atoms with E-state index < -0.39 is 11.9 Å². The lowest BCUT2D eigenvalue weighted by Gasteiger charge is -2.35. The standard InChI is InChI=1S/C23H25N3O2/c1-13-8-9-14(2)22-21(13)18(15(3)25-22)11-20(27)26-12-17-7-5-4-6-16(17)10-19(26)23(24)28/h4-9,19,25H,10-12H2,1-3H3,(H2,24,28)/t19-/m0/s1. The number of amides is 2. The number of rotatable bonds is 3. The number of aryl methyl sites for hydroxylation is 3. The number of nitrogens with two attached hydrogens (primary N) is 1. The minimum atomic E-state index is -0.601. The van der Waals surface area contributed by atoms with Crippen molar-refractivity contribution >= 4 is 22.7 Å². The van der Waals surface area contributed by atoms with Gasteiger partial charge in [-0.15, -0.1) is 0 Å². The third-order valence-electron chi connectivity index (χ3n) is 5.91. The second-order valence-corrected chi connectivity index (χ2v) is 7.77. The van der Waals surface area contributed by atoms with Crippen LogP contribution in [0.25, 0.3) is 10.9 Å². The fraction of sp³-hybridized carbons (Fsp3) is 0.304. The number of nitrogens with zero attached hydrogens (tertiary/aromatic N) is 1. The maximum atomic E-state index is 13.3. The Morgan fingerprint density at radius 1 is 1.07 bits per heavy atom. The van der Waals surface area contributed by atoms with Gasteiger partial charge in [-0.3, -0.25) is 9.59 Å². The molecule has 0 unspecified atom stereocenters. The second-order valence-electron chi connectivity index (χ2n) is 7.77. The van der Waals surface area contributed by atoms with Crippen molar-refractivity contribution in [1.82, 2.24) is 9.88 Å². The maximum absolute atomic E-state index is 13.3. The number of H-pyrrole nitrogens is 1. The normalized spacial score (nSPS) is 16.2.